The summed E-state index contributed by atoms with van der Waals surface area (Å²) in [6.45, 7) is 4.42. The second-order valence-electron chi connectivity index (χ2n) is 5.27. The van der Waals surface area contributed by atoms with E-state index >= 15 is 0 Å². The zero-order chi connectivity index (χ0) is 19.1. The van der Waals surface area contributed by atoms with Crippen molar-refractivity contribution in [2.45, 2.75) is 13.8 Å². The molecule has 8 nitrogen and oxygen atoms in total. The molecule has 0 aliphatic rings. The molecule has 3 aromatic heterocycles. The van der Waals surface area contributed by atoms with E-state index in [1.165, 1.54) is 12.4 Å². The van der Waals surface area contributed by atoms with Gasteiger partial charge < -0.3 is 14.2 Å². The second-order valence-corrected chi connectivity index (χ2v) is 5.27. The van der Waals surface area contributed by atoms with Gasteiger partial charge in [0.1, 0.15) is 5.75 Å². The number of ether oxygens (including phenoxy) is 3. The van der Waals surface area contributed by atoms with Crippen LogP contribution in [-0.2, 0) is 4.74 Å². The summed E-state index contributed by atoms with van der Waals surface area (Å²) in [5.74, 6) is 1.30. The molecular formula is C19H18N4O4. The number of nitrogens with zero attached hydrogens (tertiary/aromatic N) is 4. The summed E-state index contributed by atoms with van der Waals surface area (Å²) in [5, 5.41) is 0. The SMILES string of the molecule is CCOC(=O)c1cnc(-c2cncc(Oc3ncccc3OCC)c2)nc1. The zero-order valence-electron chi connectivity index (χ0n) is 15.0. The highest BCUT2D eigenvalue weighted by molar-refractivity contribution is 5.88. The molecule has 0 aromatic carbocycles. The highest BCUT2D eigenvalue weighted by atomic mass is 16.5. The number of hydrogen-bond donors (Lipinski definition) is 0. The minimum Gasteiger partial charge on any atom is -0.488 e. The monoisotopic (exact) mass is 366 g/mol. The van der Waals surface area contributed by atoms with E-state index in [1.54, 1.807) is 43.7 Å². The first kappa shape index (κ1) is 18.2. The Bertz CT molecular complexity index is 916. The number of pyridine rings is 2. The van der Waals surface area contributed by atoms with Gasteiger partial charge in [0.25, 0.3) is 5.88 Å². The Kier molecular flexibility index (Phi) is 5.88. The van der Waals surface area contributed by atoms with Crippen molar-refractivity contribution in [3.05, 3.63) is 54.7 Å². The van der Waals surface area contributed by atoms with E-state index in [1.807, 2.05) is 6.92 Å². The molecule has 0 spiro atoms. The highest BCUT2D eigenvalue weighted by Crippen LogP contribution is 2.30. The molecule has 0 saturated heterocycles. The predicted molar refractivity (Wildman–Crippen MR) is 96.7 cm³/mol. The van der Waals surface area contributed by atoms with Crippen molar-refractivity contribution in [3.8, 4) is 28.8 Å². The Balaban J connectivity index is 1.81. The molecule has 0 amide bonds. The van der Waals surface area contributed by atoms with Crippen molar-refractivity contribution in [2.75, 3.05) is 13.2 Å². The molecule has 0 N–H and O–H groups in total. The van der Waals surface area contributed by atoms with E-state index in [0.717, 1.165) is 0 Å². The van der Waals surface area contributed by atoms with E-state index in [0.29, 0.717) is 42.0 Å². The van der Waals surface area contributed by atoms with Gasteiger partial charge in [-0.05, 0) is 32.0 Å². The lowest BCUT2D eigenvalue weighted by Crippen LogP contribution is -2.06. The Morgan fingerprint density at radius 1 is 1.04 bits per heavy atom. The van der Waals surface area contributed by atoms with Crippen LogP contribution in [0.4, 0.5) is 0 Å². The number of carbonyl (C=O) groups is 1. The highest BCUT2D eigenvalue weighted by Gasteiger charge is 2.11. The molecule has 3 rings (SSSR count). The maximum atomic E-state index is 11.7. The van der Waals surface area contributed by atoms with Gasteiger partial charge in [-0.1, -0.05) is 0 Å². The molecule has 0 bridgehead atoms. The molecule has 3 heterocycles. The van der Waals surface area contributed by atoms with Crippen molar-refractivity contribution in [1.82, 2.24) is 19.9 Å². The normalized spacial score (nSPS) is 10.3. The lowest BCUT2D eigenvalue weighted by atomic mass is 10.2. The van der Waals surface area contributed by atoms with Crippen molar-refractivity contribution in [1.29, 1.82) is 0 Å². The molecule has 138 valence electrons. The van der Waals surface area contributed by atoms with E-state index in [2.05, 4.69) is 19.9 Å². The van der Waals surface area contributed by atoms with E-state index < -0.39 is 5.97 Å². The van der Waals surface area contributed by atoms with Gasteiger partial charge in [-0.15, -0.1) is 0 Å². The van der Waals surface area contributed by atoms with Gasteiger partial charge in [-0.2, -0.15) is 0 Å². The van der Waals surface area contributed by atoms with Crippen LogP contribution in [0, 0.1) is 0 Å². The Labute approximate surface area is 156 Å². The zero-order valence-corrected chi connectivity index (χ0v) is 15.0. The quantitative estimate of drug-likeness (QED) is 0.588. The minimum absolute atomic E-state index is 0.288. The fourth-order valence-corrected chi connectivity index (χ4v) is 2.22. The molecule has 27 heavy (non-hydrogen) atoms. The largest absolute Gasteiger partial charge is 0.488 e. The third kappa shape index (κ3) is 4.55. The number of aromatic nitrogens is 4. The van der Waals surface area contributed by atoms with Crippen LogP contribution in [0.25, 0.3) is 11.4 Å². The predicted octanol–water partition coefficient (Wildman–Crippen LogP) is 3.30. The first-order valence-electron chi connectivity index (χ1n) is 8.41. The third-order valence-electron chi connectivity index (χ3n) is 3.38. The number of esters is 1. The summed E-state index contributed by atoms with van der Waals surface area (Å²) < 4.78 is 16.2. The summed E-state index contributed by atoms with van der Waals surface area (Å²) in [4.78, 5) is 28.4. The van der Waals surface area contributed by atoms with Crippen LogP contribution in [0.1, 0.15) is 24.2 Å². The van der Waals surface area contributed by atoms with Gasteiger partial charge in [0.2, 0.25) is 0 Å². The van der Waals surface area contributed by atoms with Gasteiger partial charge in [0.05, 0.1) is 25.0 Å². The van der Waals surface area contributed by atoms with Crippen LogP contribution in [-0.4, -0.2) is 39.1 Å². The fourth-order valence-electron chi connectivity index (χ4n) is 2.22. The second kappa shape index (κ2) is 8.70. The van der Waals surface area contributed by atoms with Crippen LogP contribution in [0.3, 0.4) is 0 Å². The van der Waals surface area contributed by atoms with Gasteiger partial charge in [-0.3, -0.25) is 4.98 Å². The van der Waals surface area contributed by atoms with Crippen molar-refractivity contribution in [3.63, 3.8) is 0 Å². The number of carbonyl (C=O) groups excluding carboxylic acids is 1. The van der Waals surface area contributed by atoms with Crippen molar-refractivity contribution < 1.29 is 19.0 Å². The molecular weight excluding hydrogens is 348 g/mol. The van der Waals surface area contributed by atoms with Crippen LogP contribution < -0.4 is 9.47 Å². The van der Waals surface area contributed by atoms with Crippen molar-refractivity contribution >= 4 is 5.97 Å². The van der Waals surface area contributed by atoms with Crippen LogP contribution in [0.2, 0.25) is 0 Å². The van der Waals surface area contributed by atoms with Gasteiger partial charge in [-0.25, -0.2) is 19.7 Å². The standard InChI is InChI=1S/C19H18N4O4/c1-3-25-16-6-5-7-21-18(16)27-15-8-13(9-20-12-15)17-22-10-14(11-23-17)19(24)26-4-2/h5-12H,3-4H2,1-2H3. The molecule has 0 aliphatic heterocycles. The maximum Gasteiger partial charge on any atom is 0.341 e. The average Bonchev–Trinajstić information content (AvgIpc) is 2.70. The number of rotatable bonds is 7. The Morgan fingerprint density at radius 2 is 1.85 bits per heavy atom. The summed E-state index contributed by atoms with van der Waals surface area (Å²) in [5.41, 5.74) is 0.924. The lowest BCUT2D eigenvalue weighted by molar-refractivity contribution is 0.0525. The van der Waals surface area contributed by atoms with E-state index in [9.17, 15) is 4.79 Å². The van der Waals surface area contributed by atoms with Gasteiger partial charge >= 0.3 is 5.97 Å². The molecule has 0 aliphatic carbocycles. The van der Waals surface area contributed by atoms with E-state index in [-0.39, 0.29) is 5.56 Å². The molecule has 0 saturated carbocycles. The minimum atomic E-state index is -0.460. The fraction of sp³-hybridized carbons (Fsp3) is 0.211. The summed E-state index contributed by atoms with van der Waals surface area (Å²) in [6.07, 6.45) is 7.61. The van der Waals surface area contributed by atoms with Gasteiger partial charge in [0, 0.05) is 30.4 Å². The molecule has 0 unspecified atom stereocenters. The Morgan fingerprint density at radius 3 is 2.59 bits per heavy atom. The molecule has 3 aromatic rings. The average molecular weight is 366 g/mol. The summed E-state index contributed by atoms with van der Waals surface area (Å²) >= 11 is 0. The first-order valence-corrected chi connectivity index (χ1v) is 8.41. The Hall–Kier alpha value is -3.55. The lowest BCUT2D eigenvalue weighted by Gasteiger charge is -2.10. The van der Waals surface area contributed by atoms with Crippen LogP contribution in [0.15, 0.2) is 49.2 Å². The first-order chi connectivity index (χ1) is 13.2. The molecule has 0 fully saturated rings. The van der Waals surface area contributed by atoms with Gasteiger partial charge in [0.15, 0.2) is 11.6 Å². The topological polar surface area (TPSA) is 96.3 Å². The van der Waals surface area contributed by atoms with Crippen LogP contribution >= 0.6 is 0 Å². The molecule has 0 atom stereocenters. The third-order valence-corrected chi connectivity index (χ3v) is 3.38. The van der Waals surface area contributed by atoms with E-state index in [4.69, 9.17) is 14.2 Å². The maximum absolute atomic E-state index is 11.7. The molecule has 0 radical (unpaired) electrons. The summed E-state index contributed by atoms with van der Waals surface area (Å²) in [6, 6.07) is 5.28. The van der Waals surface area contributed by atoms with Crippen molar-refractivity contribution in [2.24, 2.45) is 0 Å². The van der Waals surface area contributed by atoms with Crippen LogP contribution in [0.5, 0.6) is 17.4 Å². The summed E-state index contributed by atoms with van der Waals surface area (Å²) in [7, 11) is 0. The molecule has 8 heteroatoms. The smallest absolute Gasteiger partial charge is 0.341 e. The number of hydrogen-bond acceptors (Lipinski definition) is 8.